The number of ether oxygens (including phenoxy) is 2. The first kappa shape index (κ1) is 58.9. The Morgan fingerprint density at radius 3 is 1.62 bits per heavy atom. The van der Waals surface area contributed by atoms with Gasteiger partial charge in [-0.3, -0.25) is 18.6 Å². The van der Waals surface area contributed by atoms with Crippen LogP contribution in [0.5, 0.6) is 0 Å². The number of unbranched alkanes of at least 4 members (excludes halogenated alkanes) is 21. The zero-order valence-electron chi connectivity index (χ0n) is 39.8. The van der Waals surface area contributed by atoms with Gasteiger partial charge in [0.1, 0.15) is 19.8 Å². The molecular formula is C50H93NO9P+. The van der Waals surface area contributed by atoms with Gasteiger partial charge in [-0.2, -0.15) is 0 Å². The van der Waals surface area contributed by atoms with Gasteiger partial charge >= 0.3 is 19.8 Å². The van der Waals surface area contributed by atoms with E-state index in [0.29, 0.717) is 30.3 Å². The van der Waals surface area contributed by atoms with E-state index in [2.05, 4.69) is 38.2 Å². The van der Waals surface area contributed by atoms with Gasteiger partial charge in [-0.15, -0.1) is 0 Å². The number of hydrogen-bond acceptors (Lipinski definition) is 8. The van der Waals surface area contributed by atoms with Crippen molar-refractivity contribution in [3.05, 3.63) is 48.6 Å². The summed E-state index contributed by atoms with van der Waals surface area (Å²) in [7, 11) is 1.36. The number of nitrogens with zero attached hydrogens (tertiary/aromatic N) is 1. The van der Waals surface area contributed by atoms with Crippen molar-refractivity contribution < 1.29 is 47.2 Å². The standard InChI is InChI=1S/C50H92NO9P/c1-6-8-10-12-14-16-18-20-21-22-23-24-25-27-29-31-33-35-37-41-49(53)57-45-48(46-59-61(55,56)58-44-43-51(3,4)5)60-50(54)42-38-40-47(52)39-36-34-32-30-28-26-19-17-15-13-11-9-7-2/h20-21,26,28,32,34,36,39,47-48,52H,6-19,22-25,27,29-31,33,35,37-38,40-46H2,1-5H3/p+1/b21-20-,28-26+,34-32+,39-36+/t47?,48-/m1/s1. The second-order valence-corrected chi connectivity index (χ2v) is 19.1. The van der Waals surface area contributed by atoms with Gasteiger partial charge in [0.05, 0.1) is 33.9 Å². The highest BCUT2D eigenvalue weighted by atomic mass is 31.2. The topological polar surface area (TPSA) is 129 Å². The van der Waals surface area contributed by atoms with Crippen LogP contribution in [-0.4, -0.2) is 86.1 Å². The molecule has 0 fully saturated rings. The molecule has 2 unspecified atom stereocenters. The zero-order valence-corrected chi connectivity index (χ0v) is 40.6. The number of aliphatic hydroxyl groups excluding tert-OH is 1. The van der Waals surface area contributed by atoms with Crippen molar-refractivity contribution in [1.82, 2.24) is 0 Å². The number of aliphatic hydroxyl groups is 1. The number of carbonyl (C=O) groups excluding carboxylic acids is 2. The molecule has 3 atom stereocenters. The Morgan fingerprint density at radius 1 is 0.590 bits per heavy atom. The van der Waals surface area contributed by atoms with Gasteiger partial charge in [-0.1, -0.05) is 172 Å². The molecule has 0 rings (SSSR count). The third-order valence-electron chi connectivity index (χ3n) is 10.4. The van der Waals surface area contributed by atoms with E-state index < -0.39 is 38.6 Å². The molecule has 0 radical (unpaired) electrons. The second kappa shape index (κ2) is 41.9. The molecule has 356 valence electrons. The van der Waals surface area contributed by atoms with Crippen LogP contribution >= 0.6 is 7.82 Å². The smallest absolute Gasteiger partial charge is 0.462 e. The predicted molar refractivity (Wildman–Crippen MR) is 253 cm³/mol. The van der Waals surface area contributed by atoms with E-state index in [-0.39, 0.29) is 26.1 Å². The van der Waals surface area contributed by atoms with Gasteiger partial charge in [0.2, 0.25) is 0 Å². The summed E-state index contributed by atoms with van der Waals surface area (Å²) in [6, 6.07) is 0. The number of carbonyl (C=O) groups is 2. The summed E-state index contributed by atoms with van der Waals surface area (Å²) in [5, 5.41) is 10.3. The van der Waals surface area contributed by atoms with E-state index in [1.54, 1.807) is 6.08 Å². The summed E-state index contributed by atoms with van der Waals surface area (Å²) in [6.07, 6.45) is 46.2. The summed E-state index contributed by atoms with van der Waals surface area (Å²) in [5.74, 6) is -0.996. The van der Waals surface area contributed by atoms with Crippen molar-refractivity contribution in [1.29, 1.82) is 0 Å². The van der Waals surface area contributed by atoms with Crippen molar-refractivity contribution in [3.63, 3.8) is 0 Å². The maximum Gasteiger partial charge on any atom is 0.472 e. The highest BCUT2D eigenvalue weighted by molar-refractivity contribution is 7.47. The average Bonchev–Trinajstić information content (AvgIpc) is 3.21. The van der Waals surface area contributed by atoms with E-state index >= 15 is 0 Å². The first-order valence-electron chi connectivity index (χ1n) is 24.5. The highest BCUT2D eigenvalue weighted by Crippen LogP contribution is 2.43. The van der Waals surface area contributed by atoms with E-state index in [9.17, 15) is 24.2 Å². The Hall–Kier alpha value is -2.07. The molecule has 11 heteroatoms. The van der Waals surface area contributed by atoms with Crippen LogP contribution in [0.4, 0.5) is 0 Å². The summed E-state index contributed by atoms with van der Waals surface area (Å²) in [5.41, 5.74) is 0. The van der Waals surface area contributed by atoms with Gasteiger partial charge in [-0.05, 0) is 64.2 Å². The number of phosphoric acid groups is 1. The van der Waals surface area contributed by atoms with Crippen LogP contribution in [0.3, 0.4) is 0 Å². The lowest BCUT2D eigenvalue weighted by Gasteiger charge is -2.24. The van der Waals surface area contributed by atoms with Crippen LogP contribution in [0.25, 0.3) is 0 Å². The van der Waals surface area contributed by atoms with Crippen molar-refractivity contribution in [3.8, 4) is 0 Å². The molecule has 0 saturated heterocycles. The zero-order chi connectivity index (χ0) is 45.1. The number of rotatable bonds is 44. The van der Waals surface area contributed by atoms with Gasteiger partial charge in [-0.25, -0.2) is 4.57 Å². The maximum absolute atomic E-state index is 12.7. The molecule has 2 N–H and O–H groups in total. The van der Waals surface area contributed by atoms with Crippen molar-refractivity contribution in [2.45, 2.75) is 212 Å². The van der Waals surface area contributed by atoms with E-state index in [1.165, 1.54) is 122 Å². The van der Waals surface area contributed by atoms with Crippen LogP contribution in [0, 0.1) is 0 Å². The SMILES string of the molecule is CCCCCCCC/C=C\CCCCCCCCCCCC(=O)OC[C@H](COP(=O)(O)OCC[N+](C)(C)C)OC(=O)CCCC(O)/C=C/C=C/C/C=C/CCCCCCCC. The van der Waals surface area contributed by atoms with Crippen LogP contribution in [-0.2, 0) is 32.7 Å². The third kappa shape index (κ3) is 45.8. The molecule has 0 aliphatic heterocycles. The minimum absolute atomic E-state index is 0.00308. The number of hydrogen-bond donors (Lipinski definition) is 2. The number of quaternary nitrogens is 1. The van der Waals surface area contributed by atoms with Crippen molar-refractivity contribution in [2.24, 2.45) is 0 Å². The lowest BCUT2D eigenvalue weighted by Crippen LogP contribution is -2.37. The first-order chi connectivity index (χ1) is 29.4. The quantitative estimate of drug-likeness (QED) is 0.0153. The molecule has 0 saturated carbocycles. The van der Waals surface area contributed by atoms with Gasteiger partial charge in [0, 0.05) is 12.8 Å². The molecule has 0 heterocycles. The first-order valence-corrected chi connectivity index (χ1v) is 26.0. The highest BCUT2D eigenvalue weighted by Gasteiger charge is 2.27. The van der Waals surface area contributed by atoms with Crippen LogP contribution in [0.15, 0.2) is 48.6 Å². The minimum atomic E-state index is -4.43. The monoisotopic (exact) mass is 883 g/mol. The Kier molecular flexibility index (Phi) is 40.5. The van der Waals surface area contributed by atoms with Gasteiger partial charge in [0.25, 0.3) is 0 Å². The van der Waals surface area contributed by atoms with E-state index in [0.717, 1.165) is 32.1 Å². The molecule has 0 bridgehead atoms. The van der Waals surface area contributed by atoms with E-state index in [4.69, 9.17) is 18.5 Å². The number of likely N-dealkylation sites (N-methyl/N-ethyl adjacent to an activating group) is 1. The van der Waals surface area contributed by atoms with E-state index in [1.807, 2.05) is 39.4 Å². The molecule has 0 amide bonds. The molecule has 0 spiro atoms. The summed E-state index contributed by atoms with van der Waals surface area (Å²) in [4.78, 5) is 35.5. The Balaban J connectivity index is 4.45. The normalized spacial score (nSPS) is 14.4. The molecule has 61 heavy (non-hydrogen) atoms. The Morgan fingerprint density at radius 2 is 1.08 bits per heavy atom. The summed E-state index contributed by atoms with van der Waals surface area (Å²) in [6.45, 7) is 4.20. The van der Waals surface area contributed by atoms with Crippen molar-refractivity contribution >= 4 is 19.8 Å². The minimum Gasteiger partial charge on any atom is -0.462 e. The number of phosphoric ester groups is 1. The summed E-state index contributed by atoms with van der Waals surface area (Å²) < 4.78 is 34.2. The fraction of sp³-hybridized carbons (Fsp3) is 0.800. The second-order valence-electron chi connectivity index (χ2n) is 17.7. The van der Waals surface area contributed by atoms with Crippen molar-refractivity contribution in [2.75, 3.05) is 47.5 Å². The van der Waals surface area contributed by atoms with Crippen LogP contribution in [0.1, 0.15) is 200 Å². The third-order valence-corrected chi connectivity index (χ3v) is 11.4. The summed E-state index contributed by atoms with van der Waals surface area (Å²) >= 11 is 0. The van der Waals surface area contributed by atoms with Crippen LogP contribution < -0.4 is 0 Å². The molecule has 10 nitrogen and oxygen atoms in total. The lowest BCUT2D eigenvalue weighted by atomic mass is 10.1. The largest absolute Gasteiger partial charge is 0.472 e. The number of esters is 2. The molecule has 0 aromatic carbocycles. The van der Waals surface area contributed by atoms with Gasteiger partial charge < -0.3 is 24.0 Å². The van der Waals surface area contributed by atoms with Gasteiger partial charge in [0.15, 0.2) is 6.10 Å². The maximum atomic E-state index is 12.7. The number of allylic oxidation sites excluding steroid dienone is 7. The molecule has 0 aliphatic carbocycles. The molecule has 0 aromatic rings. The lowest BCUT2D eigenvalue weighted by molar-refractivity contribution is -0.870. The Labute approximate surface area is 374 Å². The Bertz CT molecular complexity index is 1200. The fourth-order valence-corrected chi connectivity index (χ4v) is 7.29. The fourth-order valence-electron chi connectivity index (χ4n) is 6.55. The average molecular weight is 883 g/mol. The molecular weight excluding hydrogens is 790 g/mol. The predicted octanol–water partition coefficient (Wildman–Crippen LogP) is 13.2. The molecule has 0 aromatic heterocycles. The molecule has 0 aliphatic rings. The van der Waals surface area contributed by atoms with Crippen LogP contribution in [0.2, 0.25) is 0 Å².